The predicted molar refractivity (Wildman–Crippen MR) is 97.8 cm³/mol. The smallest absolute Gasteiger partial charge is 0.240 e. The summed E-state index contributed by atoms with van der Waals surface area (Å²) in [6.45, 7) is 7.72. The number of nitrogens with zero attached hydrogens (tertiary/aromatic N) is 4. The normalized spacial score (nSPS) is 12.6. The lowest BCUT2D eigenvalue weighted by molar-refractivity contribution is 0.570. The maximum Gasteiger partial charge on any atom is 0.240 e. The van der Waals surface area contributed by atoms with E-state index in [0.29, 0.717) is 5.52 Å². The van der Waals surface area contributed by atoms with Gasteiger partial charge in [0.2, 0.25) is 10.0 Å². The Morgan fingerprint density at radius 2 is 1.84 bits per heavy atom. The lowest BCUT2D eigenvalue weighted by Crippen LogP contribution is -2.30. The quantitative estimate of drug-likeness (QED) is 0.757. The molecule has 25 heavy (non-hydrogen) atoms. The Hall–Kier alpha value is -2.19. The van der Waals surface area contributed by atoms with Crippen molar-refractivity contribution in [2.75, 3.05) is 0 Å². The van der Waals surface area contributed by atoms with Crippen LogP contribution in [0.4, 0.5) is 0 Å². The highest BCUT2D eigenvalue weighted by Gasteiger charge is 2.21. The zero-order valence-electron chi connectivity index (χ0n) is 15.1. The summed E-state index contributed by atoms with van der Waals surface area (Å²) in [6, 6.07) is 5.04. The van der Waals surface area contributed by atoms with Crippen molar-refractivity contribution >= 4 is 21.1 Å². The van der Waals surface area contributed by atoms with E-state index in [9.17, 15) is 8.42 Å². The summed E-state index contributed by atoms with van der Waals surface area (Å²) in [7, 11) is -1.65. The standard InChI is InChI=1S/C17H23N5O2S/c1-11(2)20-25(23,24)13-6-7-15-14(10-13)19-17(22(15)12(3)4)16-18-8-9-21(16)5/h6-12,20H,1-5H3. The molecule has 0 atom stereocenters. The highest BCUT2D eigenvalue weighted by molar-refractivity contribution is 7.89. The van der Waals surface area contributed by atoms with Crippen molar-refractivity contribution in [3.05, 3.63) is 30.6 Å². The number of aromatic nitrogens is 4. The van der Waals surface area contributed by atoms with E-state index in [1.165, 1.54) is 0 Å². The molecule has 0 bridgehead atoms. The molecule has 0 fully saturated rings. The second kappa shape index (κ2) is 6.27. The van der Waals surface area contributed by atoms with Crippen LogP contribution in [0.3, 0.4) is 0 Å². The van der Waals surface area contributed by atoms with E-state index in [1.807, 2.05) is 23.9 Å². The molecule has 0 saturated heterocycles. The molecule has 0 unspecified atom stereocenters. The summed E-state index contributed by atoms with van der Waals surface area (Å²) in [5, 5.41) is 0. The van der Waals surface area contributed by atoms with Gasteiger partial charge < -0.3 is 9.13 Å². The van der Waals surface area contributed by atoms with Crippen molar-refractivity contribution in [1.29, 1.82) is 0 Å². The highest BCUT2D eigenvalue weighted by atomic mass is 32.2. The number of sulfonamides is 1. The van der Waals surface area contributed by atoms with Crippen LogP contribution in [0.2, 0.25) is 0 Å². The lowest BCUT2D eigenvalue weighted by Gasteiger charge is -2.13. The monoisotopic (exact) mass is 361 g/mol. The molecule has 1 N–H and O–H groups in total. The Morgan fingerprint density at radius 3 is 2.40 bits per heavy atom. The molecule has 3 rings (SSSR count). The van der Waals surface area contributed by atoms with Gasteiger partial charge in [0.15, 0.2) is 11.6 Å². The lowest BCUT2D eigenvalue weighted by atomic mass is 10.3. The van der Waals surface area contributed by atoms with Crippen molar-refractivity contribution in [3.8, 4) is 11.6 Å². The van der Waals surface area contributed by atoms with Crippen LogP contribution in [0.25, 0.3) is 22.7 Å². The molecule has 134 valence electrons. The molecule has 2 heterocycles. The second-order valence-corrected chi connectivity index (χ2v) is 8.40. The minimum absolute atomic E-state index is 0.160. The highest BCUT2D eigenvalue weighted by Crippen LogP contribution is 2.28. The van der Waals surface area contributed by atoms with E-state index < -0.39 is 10.0 Å². The Kier molecular flexibility index (Phi) is 4.42. The molecule has 0 aliphatic carbocycles. The number of rotatable bonds is 5. The van der Waals surface area contributed by atoms with Crippen molar-refractivity contribution in [1.82, 2.24) is 23.8 Å². The Bertz CT molecular complexity index is 1020. The van der Waals surface area contributed by atoms with Gasteiger partial charge >= 0.3 is 0 Å². The third kappa shape index (κ3) is 3.19. The first kappa shape index (κ1) is 17.6. The average molecular weight is 361 g/mol. The van der Waals surface area contributed by atoms with E-state index in [-0.39, 0.29) is 17.0 Å². The topological polar surface area (TPSA) is 81.8 Å². The molecule has 7 nitrogen and oxygen atoms in total. The van der Waals surface area contributed by atoms with Gasteiger partial charge in [-0.15, -0.1) is 0 Å². The molecular weight excluding hydrogens is 338 g/mol. The Morgan fingerprint density at radius 1 is 1.12 bits per heavy atom. The van der Waals surface area contributed by atoms with Gasteiger partial charge in [0, 0.05) is 31.5 Å². The van der Waals surface area contributed by atoms with Crippen molar-refractivity contribution in [2.24, 2.45) is 7.05 Å². The van der Waals surface area contributed by atoms with E-state index >= 15 is 0 Å². The first-order chi connectivity index (χ1) is 11.7. The van der Waals surface area contributed by atoms with E-state index in [2.05, 4.69) is 33.1 Å². The molecule has 0 aliphatic rings. The molecule has 1 aromatic carbocycles. The van der Waals surface area contributed by atoms with Crippen LogP contribution in [0.1, 0.15) is 33.7 Å². The summed E-state index contributed by atoms with van der Waals surface area (Å²) in [5.74, 6) is 1.47. The number of aryl methyl sites for hydroxylation is 1. The molecule has 0 aliphatic heterocycles. The van der Waals surface area contributed by atoms with Gasteiger partial charge in [0.1, 0.15) is 0 Å². The van der Waals surface area contributed by atoms with E-state index in [0.717, 1.165) is 17.2 Å². The van der Waals surface area contributed by atoms with Gasteiger partial charge in [0.25, 0.3) is 0 Å². The van der Waals surface area contributed by atoms with Crippen molar-refractivity contribution in [3.63, 3.8) is 0 Å². The van der Waals surface area contributed by atoms with Gasteiger partial charge in [-0.1, -0.05) is 0 Å². The van der Waals surface area contributed by atoms with Crippen molar-refractivity contribution < 1.29 is 8.42 Å². The summed E-state index contributed by atoms with van der Waals surface area (Å²) in [4.78, 5) is 9.28. The largest absolute Gasteiger partial charge is 0.331 e. The van der Waals surface area contributed by atoms with E-state index in [4.69, 9.17) is 0 Å². The second-order valence-electron chi connectivity index (χ2n) is 6.69. The van der Waals surface area contributed by atoms with Crippen LogP contribution in [-0.4, -0.2) is 33.6 Å². The maximum absolute atomic E-state index is 12.4. The minimum Gasteiger partial charge on any atom is -0.331 e. The SMILES string of the molecule is CC(C)NS(=O)(=O)c1ccc2c(c1)nc(-c1nccn1C)n2C(C)C. The van der Waals surface area contributed by atoms with Crippen molar-refractivity contribution in [2.45, 2.75) is 44.7 Å². The predicted octanol–water partition coefficient (Wildman–Crippen LogP) is 2.70. The summed E-state index contributed by atoms with van der Waals surface area (Å²) in [6.07, 6.45) is 3.59. The fraction of sp³-hybridized carbons (Fsp3) is 0.412. The van der Waals surface area contributed by atoms with Gasteiger partial charge in [-0.05, 0) is 45.9 Å². The Labute approximate surface area is 147 Å². The fourth-order valence-corrected chi connectivity index (χ4v) is 4.16. The molecular formula is C17H23N5O2S. The van der Waals surface area contributed by atoms with Crippen LogP contribution >= 0.6 is 0 Å². The van der Waals surface area contributed by atoms with Gasteiger partial charge in [0.05, 0.1) is 15.9 Å². The van der Waals surface area contributed by atoms with E-state index in [1.54, 1.807) is 32.2 Å². The third-order valence-electron chi connectivity index (χ3n) is 3.90. The van der Waals surface area contributed by atoms with Gasteiger partial charge in [-0.2, -0.15) is 0 Å². The van der Waals surface area contributed by atoms with Gasteiger partial charge in [-0.25, -0.2) is 23.1 Å². The molecule has 8 heteroatoms. The number of hydrogen-bond donors (Lipinski definition) is 1. The van der Waals surface area contributed by atoms with Crippen LogP contribution in [0.15, 0.2) is 35.5 Å². The summed E-state index contributed by atoms with van der Waals surface area (Å²) >= 11 is 0. The number of nitrogens with one attached hydrogen (secondary N) is 1. The number of imidazole rings is 2. The van der Waals surface area contributed by atoms with Crippen LogP contribution < -0.4 is 4.72 Å². The summed E-state index contributed by atoms with van der Waals surface area (Å²) in [5.41, 5.74) is 1.52. The average Bonchev–Trinajstić information content (AvgIpc) is 3.07. The number of benzene rings is 1. The zero-order valence-corrected chi connectivity index (χ0v) is 15.9. The molecule has 0 radical (unpaired) electrons. The third-order valence-corrected chi connectivity index (χ3v) is 5.56. The fourth-order valence-electron chi connectivity index (χ4n) is 2.89. The van der Waals surface area contributed by atoms with Crippen LogP contribution in [0.5, 0.6) is 0 Å². The Balaban J connectivity index is 2.21. The number of fused-ring (bicyclic) bond motifs is 1. The zero-order chi connectivity index (χ0) is 18.4. The molecule has 0 saturated carbocycles. The first-order valence-corrected chi connectivity index (χ1v) is 9.71. The molecule has 3 aromatic rings. The minimum atomic E-state index is -3.56. The van der Waals surface area contributed by atoms with Gasteiger partial charge in [-0.3, -0.25) is 0 Å². The molecule has 0 spiro atoms. The maximum atomic E-state index is 12.4. The molecule has 0 amide bonds. The summed E-state index contributed by atoms with van der Waals surface area (Å²) < 4.78 is 31.4. The van der Waals surface area contributed by atoms with Crippen LogP contribution in [0, 0.1) is 0 Å². The first-order valence-electron chi connectivity index (χ1n) is 8.22. The number of hydrogen-bond acceptors (Lipinski definition) is 4. The molecule has 2 aromatic heterocycles. The van der Waals surface area contributed by atoms with Crippen LogP contribution in [-0.2, 0) is 17.1 Å².